The molecule has 2 aromatic rings. The van der Waals surface area contributed by atoms with Crippen LogP contribution >= 0.6 is 0 Å². The summed E-state index contributed by atoms with van der Waals surface area (Å²) in [5.41, 5.74) is 0. The van der Waals surface area contributed by atoms with Crippen LogP contribution in [0.3, 0.4) is 0 Å². The van der Waals surface area contributed by atoms with Gasteiger partial charge in [0.25, 0.3) is 0 Å². The molecule has 0 spiro atoms. The first kappa shape index (κ1) is 12.9. The third kappa shape index (κ3) is 4.18. The van der Waals surface area contributed by atoms with Gasteiger partial charge >= 0.3 is 0 Å². The monoisotopic (exact) mass is 282 g/mol. The lowest BCUT2D eigenvalue weighted by Crippen LogP contribution is -2.29. The first-order valence-electron chi connectivity index (χ1n) is 7.48. The quantitative estimate of drug-likeness (QED) is 0.705. The number of hydrogen-bond donors (Lipinski definition) is 0. The standard InChI is InChI=1S/C17H22Si2/c1-3-7-15(8-4-1)18-17(13-14-11-12-14)19-16-9-5-2-6-10-16/h1-10,14,17H,11-13,18-19H2. The molecule has 1 fully saturated rings. The molecule has 0 aromatic heterocycles. The van der Waals surface area contributed by atoms with Crippen molar-refractivity contribution in [3.63, 3.8) is 0 Å². The van der Waals surface area contributed by atoms with Crippen LogP contribution in [0.5, 0.6) is 0 Å². The summed E-state index contributed by atoms with van der Waals surface area (Å²) < 4.78 is 0. The Labute approximate surface area is 120 Å². The van der Waals surface area contributed by atoms with E-state index < -0.39 is 0 Å². The van der Waals surface area contributed by atoms with E-state index >= 15 is 0 Å². The molecule has 0 unspecified atom stereocenters. The lowest BCUT2D eigenvalue weighted by atomic mass is 10.3. The first-order chi connectivity index (χ1) is 9.40. The van der Waals surface area contributed by atoms with E-state index in [4.69, 9.17) is 0 Å². The molecule has 0 saturated heterocycles. The van der Waals surface area contributed by atoms with Gasteiger partial charge in [0.2, 0.25) is 0 Å². The van der Waals surface area contributed by atoms with Crippen molar-refractivity contribution in [2.75, 3.05) is 0 Å². The first-order valence-corrected chi connectivity index (χ1v) is 10.5. The van der Waals surface area contributed by atoms with E-state index in [1.165, 1.54) is 19.3 Å². The van der Waals surface area contributed by atoms with Gasteiger partial charge in [-0.2, -0.15) is 0 Å². The van der Waals surface area contributed by atoms with E-state index in [0.717, 1.165) is 11.1 Å². The average Bonchev–Trinajstić information content (AvgIpc) is 3.25. The van der Waals surface area contributed by atoms with Gasteiger partial charge < -0.3 is 0 Å². The number of hydrogen-bond acceptors (Lipinski definition) is 0. The normalized spacial score (nSPS) is 17.5. The molecule has 0 nitrogen and oxygen atoms in total. The zero-order valence-electron chi connectivity index (χ0n) is 11.5. The van der Waals surface area contributed by atoms with Crippen molar-refractivity contribution < 1.29 is 0 Å². The van der Waals surface area contributed by atoms with Crippen molar-refractivity contribution in [1.29, 1.82) is 0 Å². The lowest BCUT2D eigenvalue weighted by Gasteiger charge is -2.16. The van der Waals surface area contributed by atoms with Crippen molar-refractivity contribution >= 4 is 29.4 Å². The second kappa shape index (κ2) is 6.35. The van der Waals surface area contributed by atoms with Gasteiger partial charge in [-0.3, -0.25) is 0 Å². The Kier molecular flexibility index (Phi) is 4.31. The van der Waals surface area contributed by atoms with Crippen molar-refractivity contribution in [3.05, 3.63) is 60.7 Å². The minimum Gasteiger partial charge on any atom is -0.0669 e. The predicted molar refractivity (Wildman–Crippen MR) is 90.3 cm³/mol. The van der Waals surface area contributed by atoms with E-state index in [2.05, 4.69) is 60.7 Å². The maximum absolute atomic E-state index is 2.35. The summed E-state index contributed by atoms with van der Waals surface area (Å²) in [5, 5.41) is 4.41. The molecule has 19 heavy (non-hydrogen) atoms. The fourth-order valence-electron chi connectivity index (χ4n) is 2.96. The van der Waals surface area contributed by atoms with Gasteiger partial charge in [0.15, 0.2) is 0 Å². The highest BCUT2D eigenvalue weighted by molar-refractivity contribution is 6.73. The van der Waals surface area contributed by atoms with E-state index in [1.807, 2.05) is 0 Å². The molecule has 0 amide bonds. The zero-order chi connectivity index (χ0) is 12.9. The highest BCUT2D eigenvalue weighted by atomic mass is 28.3. The lowest BCUT2D eigenvalue weighted by molar-refractivity contribution is 0.767. The molecule has 98 valence electrons. The van der Waals surface area contributed by atoms with E-state index in [9.17, 15) is 0 Å². The molecule has 2 aromatic carbocycles. The Balaban J connectivity index is 1.66. The fourth-order valence-corrected chi connectivity index (χ4v) is 9.23. The average molecular weight is 283 g/mol. The van der Waals surface area contributed by atoms with Crippen molar-refractivity contribution in [3.8, 4) is 0 Å². The van der Waals surface area contributed by atoms with Crippen molar-refractivity contribution in [2.24, 2.45) is 5.92 Å². The van der Waals surface area contributed by atoms with E-state index in [1.54, 1.807) is 10.4 Å². The van der Waals surface area contributed by atoms with Gasteiger partial charge in [0.05, 0.1) is 19.0 Å². The van der Waals surface area contributed by atoms with Crippen LogP contribution in [-0.2, 0) is 0 Å². The molecule has 0 bridgehead atoms. The smallest absolute Gasteiger partial charge is 0.0550 e. The molecule has 3 rings (SSSR count). The minimum absolute atomic E-state index is 0.0823. The largest absolute Gasteiger partial charge is 0.0669 e. The van der Waals surface area contributed by atoms with Crippen LogP contribution in [0.1, 0.15) is 19.3 Å². The Hall–Kier alpha value is -1.13. The molecule has 1 saturated carbocycles. The van der Waals surface area contributed by atoms with Gasteiger partial charge in [-0.25, -0.2) is 0 Å². The maximum atomic E-state index is 2.35. The minimum atomic E-state index is -0.0823. The Bertz CT molecular complexity index is 450. The molecule has 2 heteroatoms. The van der Waals surface area contributed by atoms with Crippen LogP contribution < -0.4 is 10.4 Å². The Morgan fingerprint density at radius 1 is 0.789 bits per heavy atom. The molecular weight excluding hydrogens is 260 g/mol. The van der Waals surface area contributed by atoms with Gasteiger partial charge in [0, 0.05) is 0 Å². The summed E-state index contributed by atoms with van der Waals surface area (Å²) >= 11 is 0. The summed E-state index contributed by atoms with van der Waals surface area (Å²) in [5.74, 6) is 1.08. The topological polar surface area (TPSA) is 0 Å². The van der Waals surface area contributed by atoms with Gasteiger partial charge in [-0.05, 0) is 5.92 Å². The van der Waals surface area contributed by atoms with Crippen LogP contribution in [0.25, 0.3) is 0 Å². The van der Waals surface area contributed by atoms with E-state index in [0.29, 0.717) is 0 Å². The summed E-state index contributed by atoms with van der Waals surface area (Å²) in [6.07, 6.45) is 4.54. The second-order valence-electron chi connectivity index (χ2n) is 5.92. The molecule has 0 aliphatic heterocycles. The van der Waals surface area contributed by atoms with Gasteiger partial charge in [0.1, 0.15) is 0 Å². The summed E-state index contributed by atoms with van der Waals surface area (Å²) in [6, 6.07) is 22.5. The molecule has 0 atom stereocenters. The molecule has 0 N–H and O–H groups in total. The third-order valence-electron chi connectivity index (χ3n) is 4.10. The number of benzene rings is 2. The van der Waals surface area contributed by atoms with Gasteiger partial charge in [-0.15, -0.1) is 0 Å². The summed E-state index contributed by atoms with van der Waals surface area (Å²) in [4.78, 5) is 0. The Morgan fingerprint density at radius 3 is 1.68 bits per heavy atom. The molecular formula is C17H22Si2. The molecule has 1 aliphatic carbocycles. The van der Waals surface area contributed by atoms with Crippen LogP contribution in [0.15, 0.2) is 60.7 Å². The SMILES string of the molecule is c1ccc([SiH2]C(CC2CC2)[SiH2]c2ccccc2)cc1. The molecule has 0 radical (unpaired) electrons. The van der Waals surface area contributed by atoms with E-state index in [-0.39, 0.29) is 19.0 Å². The summed E-state index contributed by atoms with van der Waals surface area (Å²) in [6.45, 7) is 0. The van der Waals surface area contributed by atoms with Crippen molar-refractivity contribution in [2.45, 2.75) is 24.4 Å². The predicted octanol–water partition coefficient (Wildman–Crippen LogP) is 1.52. The van der Waals surface area contributed by atoms with Crippen LogP contribution in [0.4, 0.5) is 0 Å². The van der Waals surface area contributed by atoms with Crippen LogP contribution in [-0.4, -0.2) is 19.0 Å². The third-order valence-corrected chi connectivity index (χ3v) is 9.54. The maximum Gasteiger partial charge on any atom is 0.0550 e. The molecule has 0 heterocycles. The molecule has 1 aliphatic rings. The summed E-state index contributed by atoms with van der Waals surface area (Å²) in [7, 11) is -0.165. The fraction of sp³-hybridized carbons (Fsp3) is 0.294. The van der Waals surface area contributed by atoms with Crippen molar-refractivity contribution in [1.82, 2.24) is 0 Å². The number of rotatable bonds is 6. The van der Waals surface area contributed by atoms with Crippen LogP contribution in [0, 0.1) is 5.92 Å². The highest BCUT2D eigenvalue weighted by Gasteiger charge is 2.26. The van der Waals surface area contributed by atoms with Gasteiger partial charge in [-0.1, -0.05) is 95.5 Å². The van der Waals surface area contributed by atoms with Crippen LogP contribution in [0.2, 0.25) is 5.16 Å². The second-order valence-corrected chi connectivity index (χ2v) is 11.8. The highest BCUT2D eigenvalue weighted by Crippen LogP contribution is 2.36. The Morgan fingerprint density at radius 2 is 1.26 bits per heavy atom. The zero-order valence-corrected chi connectivity index (χ0v) is 14.3.